The molecule has 0 bridgehead atoms. The molecule has 16 heavy (non-hydrogen) atoms. The average Bonchev–Trinajstić information content (AvgIpc) is 2.28. The van der Waals surface area contributed by atoms with E-state index in [0.29, 0.717) is 23.5 Å². The summed E-state index contributed by atoms with van der Waals surface area (Å²) in [6.45, 7) is 3.60. The van der Waals surface area contributed by atoms with Gasteiger partial charge in [-0.2, -0.15) is 0 Å². The molecule has 0 unspecified atom stereocenters. The summed E-state index contributed by atoms with van der Waals surface area (Å²) in [6.07, 6.45) is 2.05. The fourth-order valence-corrected chi connectivity index (χ4v) is 1.54. The minimum Gasteiger partial charge on any atom is -0.493 e. The van der Waals surface area contributed by atoms with Gasteiger partial charge in [0.15, 0.2) is 11.5 Å². The van der Waals surface area contributed by atoms with Crippen molar-refractivity contribution in [2.75, 3.05) is 14.2 Å². The topological polar surface area (TPSA) is 55.8 Å². The van der Waals surface area contributed by atoms with Gasteiger partial charge in [-0.1, -0.05) is 6.08 Å². The van der Waals surface area contributed by atoms with Crippen molar-refractivity contribution < 1.29 is 19.4 Å². The van der Waals surface area contributed by atoms with Crippen LogP contribution in [0.5, 0.6) is 11.5 Å². The fourth-order valence-electron chi connectivity index (χ4n) is 1.54. The number of aromatic carboxylic acids is 1. The van der Waals surface area contributed by atoms with E-state index in [2.05, 4.69) is 6.58 Å². The lowest BCUT2D eigenvalue weighted by Gasteiger charge is -2.13. The molecule has 1 aromatic rings. The summed E-state index contributed by atoms with van der Waals surface area (Å²) in [4.78, 5) is 11.0. The van der Waals surface area contributed by atoms with Crippen LogP contribution in [0.15, 0.2) is 24.8 Å². The average molecular weight is 222 g/mol. The van der Waals surface area contributed by atoms with Crippen molar-refractivity contribution in [3.05, 3.63) is 35.9 Å². The second-order valence-electron chi connectivity index (χ2n) is 3.13. The van der Waals surface area contributed by atoms with Crippen LogP contribution in [0.2, 0.25) is 0 Å². The van der Waals surface area contributed by atoms with E-state index in [-0.39, 0.29) is 5.56 Å². The Morgan fingerprint density at radius 2 is 2.12 bits per heavy atom. The van der Waals surface area contributed by atoms with Crippen molar-refractivity contribution in [1.29, 1.82) is 0 Å². The number of methoxy groups -OCH3 is 2. The van der Waals surface area contributed by atoms with Crippen LogP contribution in [0.1, 0.15) is 15.9 Å². The van der Waals surface area contributed by atoms with Crippen molar-refractivity contribution >= 4 is 5.97 Å². The smallest absolute Gasteiger partial charge is 0.336 e. The monoisotopic (exact) mass is 222 g/mol. The maximum absolute atomic E-state index is 11.0. The number of carboxylic acids is 1. The first-order chi connectivity index (χ1) is 7.65. The summed E-state index contributed by atoms with van der Waals surface area (Å²) in [6, 6.07) is 3.08. The highest BCUT2D eigenvalue weighted by atomic mass is 16.5. The van der Waals surface area contributed by atoms with Gasteiger partial charge in [0, 0.05) is 5.56 Å². The SMILES string of the molecule is C=CCc1c(C(=O)O)ccc(OC)c1OC. The van der Waals surface area contributed by atoms with Gasteiger partial charge in [0.2, 0.25) is 0 Å². The van der Waals surface area contributed by atoms with Crippen molar-refractivity contribution in [1.82, 2.24) is 0 Å². The highest BCUT2D eigenvalue weighted by Crippen LogP contribution is 2.33. The molecule has 0 aliphatic rings. The Morgan fingerprint density at radius 3 is 2.56 bits per heavy atom. The van der Waals surface area contributed by atoms with Gasteiger partial charge in [0.25, 0.3) is 0 Å². The summed E-state index contributed by atoms with van der Waals surface area (Å²) < 4.78 is 10.3. The Morgan fingerprint density at radius 1 is 1.44 bits per heavy atom. The van der Waals surface area contributed by atoms with Gasteiger partial charge in [-0.3, -0.25) is 0 Å². The van der Waals surface area contributed by atoms with Gasteiger partial charge in [-0.15, -0.1) is 6.58 Å². The molecule has 0 aliphatic carbocycles. The van der Waals surface area contributed by atoms with Gasteiger partial charge in [-0.05, 0) is 18.6 Å². The molecule has 0 radical (unpaired) electrons. The Hall–Kier alpha value is -1.97. The van der Waals surface area contributed by atoms with Crippen LogP contribution in [-0.4, -0.2) is 25.3 Å². The number of carboxylic acid groups (broad SMARTS) is 1. The van der Waals surface area contributed by atoms with E-state index in [4.69, 9.17) is 14.6 Å². The lowest BCUT2D eigenvalue weighted by Crippen LogP contribution is -2.05. The van der Waals surface area contributed by atoms with Gasteiger partial charge >= 0.3 is 5.97 Å². The molecule has 1 rings (SSSR count). The Kier molecular flexibility index (Phi) is 3.94. The first kappa shape index (κ1) is 12.1. The van der Waals surface area contributed by atoms with Gasteiger partial charge in [-0.25, -0.2) is 4.79 Å². The third kappa shape index (κ3) is 2.16. The van der Waals surface area contributed by atoms with Crippen LogP contribution in [0.3, 0.4) is 0 Å². The molecule has 4 heteroatoms. The normalized spacial score (nSPS) is 9.62. The summed E-state index contributed by atoms with van der Waals surface area (Å²) in [7, 11) is 2.99. The molecule has 0 heterocycles. The third-order valence-electron chi connectivity index (χ3n) is 2.23. The molecule has 0 saturated carbocycles. The number of allylic oxidation sites excluding steroid dienone is 1. The minimum absolute atomic E-state index is 0.206. The highest BCUT2D eigenvalue weighted by Gasteiger charge is 2.17. The molecule has 0 amide bonds. The number of rotatable bonds is 5. The standard InChI is InChI=1S/C12H14O4/c1-4-5-8-9(12(13)14)6-7-10(15-2)11(8)16-3/h4,6-7H,1,5H2,2-3H3,(H,13,14). The predicted molar refractivity (Wildman–Crippen MR) is 60.4 cm³/mol. The zero-order valence-corrected chi connectivity index (χ0v) is 9.32. The van der Waals surface area contributed by atoms with E-state index in [1.54, 1.807) is 12.1 Å². The van der Waals surface area contributed by atoms with Gasteiger partial charge < -0.3 is 14.6 Å². The molecule has 0 atom stereocenters. The first-order valence-corrected chi connectivity index (χ1v) is 4.73. The van der Waals surface area contributed by atoms with Crippen molar-refractivity contribution in [2.45, 2.75) is 6.42 Å². The number of hydrogen-bond donors (Lipinski definition) is 1. The molecule has 0 fully saturated rings. The number of hydrogen-bond acceptors (Lipinski definition) is 3. The molecule has 0 aromatic heterocycles. The molecule has 0 aliphatic heterocycles. The molecule has 1 aromatic carbocycles. The van der Waals surface area contributed by atoms with Crippen LogP contribution in [0.4, 0.5) is 0 Å². The Balaban J connectivity index is 3.42. The lowest BCUT2D eigenvalue weighted by atomic mass is 10.0. The second-order valence-corrected chi connectivity index (χ2v) is 3.13. The number of ether oxygens (including phenoxy) is 2. The van der Waals surface area contributed by atoms with Gasteiger partial charge in [0.1, 0.15) is 0 Å². The van der Waals surface area contributed by atoms with Crippen LogP contribution >= 0.6 is 0 Å². The number of carbonyl (C=O) groups is 1. The Bertz CT molecular complexity index is 410. The van der Waals surface area contributed by atoms with Crippen molar-refractivity contribution in [3.63, 3.8) is 0 Å². The maximum atomic E-state index is 11.0. The summed E-state index contributed by atoms with van der Waals surface area (Å²) in [5.74, 6) is -0.0237. The van der Waals surface area contributed by atoms with E-state index in [1.165, 1.54) is 20.3 Å². The minimum atomic E-state index is -0.988. The summed E-state index contributed by atoms with van der Waals surface area (Å²) in [5, 5.41) is 9.05. The summed E-state index contributed by atoms with van der Waals surface area (Å²) >= 11 is 0. The molecule has 1 N–H and O–H groups in total. The molecular formula is C12H14O4. The van der Waals surface area contributed by atoms with Crippen molar-refractivity contribution in [3.8, 4) is 11.5 Å². The molecule has 0 spiro atoms. The lowest BCUT2D eigenvalue weighted by molar-refractivity contribution is 0.0695. The molecule has 0 saturated heterocycles. The second kappa shape index (κ2) is 5.21. The molecule has 86 valence electrons. The van der Waals surface area contributed by atoms with E-state index < -0.39 is 5.97 Å². The quantitative estimate of drug-likeness (QED) is 0.775. The van der Waals surface area contributed by atoms with Crippen LogP contribution < -0.4 is 9.47 Å². The Labute approximate surface area is 94.1 Å². The third-order valence-corrected chi connectivity index (χ3v) is 2.23. The van der Waals surface area contributed by atoms with E-state index in [0.717, 1.165) is 0 Å². The fraction of sp³-hybridized carbons (Fsp3) is 0.250. The summed E-state index contributed by atoms with van der Waals surface area (Å²) in [5.41, 5.74) is 0.780. The van der Waals surface area contributed by atoms with Crippen LogP contribution in [0, 0.1) is 0 Å². The van der Waals surface area contributed by atoms with E-state index >= 15 is 0 Å². The highest BCUT2D eigenvalue weighted by molar-refractivity contribution is 5.91. The predicted octanol–water partition coefficient (Wildman–Crippen LogP) is 2.13. The zero-order valence-electron chi connectivity index (χ0n) is 9.32. The van der Waals surface area contributed by atoms with Crippen LogP contribution in [-0.2, 0) is 6.42 Å². The van der Waals surface area contributed by atoms with Crippen LogP contribution in [0.25, 0.3) is 0 Å². The molecular weight excluding hydrogens is 208 g/mol. The van der Waals surface area contributed by atoms with Gasteiger partial charge in [0.05, 0.1) is 19.8 Å². The van der Waals surface area contributed by atoms with E-state index in [1.807, 2.05) is 0 Å². The zero-order chi connectivity index (χ0) is 12.1. The largest absolute Gasteiger partial charge is 0.493 e. The van der Waals surface area contributed by atoms with Crippen molar-refractivity contribution in [2.24, 2.45) is 0 Å². The first-order valence-electron chi connectivity index (χ1n) is 4.73. The maximum Gasteiger partial charge on any atom is 0.336 e. The van der Waals surface area contributed by atoms with E-state index in [9.17, 15) is 4.79 Å². The number of benzene rings is 1. The molecule has 4 nitrogen and oxygen atoms in total.